The van der Waals surface area contributed by atoms with E-state index in [2.05, 4.69) is 0 Å². The highest BCUT2D eigenvalue weighted by Gasteiger charge is 2.36. The van der Waals surface area contributed by atoms with Crippen LogP contribution in [0.25, 0.3) is 5.69 Å². The molecule has 0 unspecified atom stereocenters. The van der Waals surface area contributed by atoms with E-state index in [1.54, 1.807) is 0 Å². The lowest BCUT2D eigenvalue weighted by atomic mass is 10.1. The Hall–Kier alpha value is -3.15. The average molecular weight is 452 g/mol. The minimum atomic E-state index is -5.13. The highest BCUT2D eigenvalue weighted by molar-refractivity contribution is 6.33. The largest absolute Gasteiger partial charge is 0.448 e. The molecule has 0 aliphatic rings. The quantitative estimate of drug-likeness (QED) is 0.432. The number of Topliss-reactive ketones (excluding diaryl/α,β-unsaturated/α-hetero) is 1. The lowest BCUT2D eigenvalue weighted by Crippen LogP contribution is -2.45. The van der Waals surface area contributed by atoms with E-state index in [0.717, 1.165) is 6.92 Å². The number of nitrogen functional groups attached to an aromatic ring is 1. The minimum absolute atomic E-state index is 0.00615. The molecule has 2 rings (SSSR count). The van der Waals surface area contributed by atoms with Gasteiger partial charge in [0.1, 0.15) is 5.82 Å². The highest BCUT2D eigenvalue weighted by Crippen LogP contribution is 2.28. The summed E-state index contributed by atoms with van der Waals surface area (Å²) < 4.78 is 57.7. The van der Waals surface area contributed by atoms with Gasteiger partial charge < -0.3 is 10.6 Å². The molecular formula is C17H14ClF4N3O5. The van der Waals surface area contributed by atoms with Gasteiger partial charge in [-0.05, 0) is 32.9 Å². The number of aromatic nitrogens is 2. The Bertz CT molecular complexity index is 1170. The van der Waals surface area contributed by atoms with Crippen LogP contribution in [0.5, 0.6) is 0 Å². The summed E-state index contributed by atoms with van der Waals surface area (Å²) in [7, 11) is 0. The average Bonchev–Trinajstić information content (AvgIpc) is 2.58. The number of rotatable bonds is 4. The van der Waals surface area contributed by atoms with Gasteiger partial charge in [-0.3, -0.25) is 9.59 Å². The van der Waals surface area contributed by atoms with Gasteiger partial charge in [0.05, 0.1) is 16.3 Å². The summed E-state index contributed by atoms with van der Waals surface area (Å²) in [5.41, 5.74) is -8.06. The number of carbonyl (C=O) groups is 2. The van der Waals surface area contributed by atoms with Crippen molar-refractivity contribution in [3.05, 3.63) is 61.1 Å². The monoisotopic (exact) mass is 451 g/mol. The maximum Gasteiger partial charge on any atom is 0.433 e. The van der Waals surface area contributed by atoms with Crippen molar-refractivity contribution in [2.24, 2.45) is 0 Å². The number of alkyl halides is 3. The lowest BCUT2D eigenvalue weighted by Gasteiger charge is -2.22. The zero-order chi connectivity index (χ0) is 23.2. The molecule has 0 aliphatic heterocycles. The molecule has 2 N–H and O–H groups in total. The zero-order valence-corrected chi connectivity index (χ0v) is 16.4. The van der Waals surface area contributed by atoms with Crippen LogP contribution in [0.3, 0.4) is 0 Å². The second-order valence-electron chi connectivity index (χ2n) is 6.59. The standard InChI is InChI=1S/C17H14ClF4N3O5/c1-7(26)16(2,3)30-14(28)8-4-11(10(19)5-9(8)18)24-13(27)6-12(17(20,21)22)25(23)15(24)29/h4-6H,23H2,1-3H3. The first-order chi connectivity index (χ1) is 13.6. The summed E-state index contributed by atoms with van der Waals surface area (Å²) in [6.07, 6.45) is -5.13. The number of hydrogen-bond acceptors (Lipinski definition) is 6. The second-order valence-corrected chi connectivity index (χ2v) is 7.00. The molecule has 162 valence electrons. The molecule has 8 nitrogen and oxygen atoms in total. The number of nitrogens with zero attached hydrogens (tertiary/aromatic N) is 2. The molecule has 0 saturated carbocycles. The molecule has 1 aromatic heterocycles. The summed E-state index contributed by atoms with van der Waals surface area (Å²) >= 11 is 5.82. The van der Waals surface area contributed by atoms with E-state index < -0.39 is 62.6 Å². The number of hydrogen-bond donors (Lipinski definition) is 1. The van der Waals surface area contributed by atoms with Crippen LogP contribution in [0.1, 0.15) is 36.8 Å². The molecule has 1 heterocycles. The predicted molar refractivity (Wildman–Crippen MR) is 96.6 cm³/mol. The Morgan fingerprint density at radius 1 is 1.13 bits per heavy atom. The fourth-order valence-electron chi connectivity index (χ4n) is 2.22. The van der Waals surface area contributed by atoms with Gasteiger partial charge in [0.15, 0.2) is 17.1 Å². The van der Waals surface area contributed by atoms with Crippen LogP contribution in [0.4, 0.5) is 17.6 Å². The van der Waals surface area contributed by atoms with Crippen LogP contribution < -0.4 is 17.1 Å². The molecule has 0 atom stereocenters. The number of ether oxygens (including phenoxy) is 1. The molecule has 13 heteroatoms. The van der Waals surface area contributed by atoms with Crippen molar-refractivity contribution in [1.29, 1.82) is 0 Å². The van der Waals surface area contributed by atoms with Crippen molar-refractivity contribution in [2.75, 3.05) is 5.84 Å². The van der Waals surface area contributed by atoms with Crippen LogP contribution in [-0.2, 0) is 15.7 Å². The summed E-state index contributed by atoms with van der Waals surface area (Å²) in [6, 6.07) is 1.18. The van der Waals surface area contributed by atoms with Gasteiger partial charge in [-0.1, -0.05) is 11.6 Å². The summed E-state index contributed by atoms with van der Waals surface area (Å²) in [6.45, 7) is 3.70. The van der Waals surface area contributed by atoms with Gasteiger partial charge in [-0.2, -0.15) is 13.2 Å². The van der Waals surface area contributed by atoms with Crippen LogP contribution >= 0.6 is 11.6 Å². The Kier molecular flexibility index (Phi) is 5.86. The molecule has 30 heavy (non-hydrogen) atoms. The van der Waals surface area contributed by atoms with E-state index in [1.165, 1.54) is 13.8 Å². The number of nitrogens with two attached hydrogens (primary N) is 1. The number of ketones is 1. The fourth-order valence-corrected chi connectivity index (χ4v) is 2.45. The summed E-state index contributed by atoms with van der Waals surface area (Å²) in [4.78, 5) is 48.3. The molecule has 0 fully saturated rings. The van der Waals surface area contributed by atoms with E-state index in [4.69, 9.17) is 22.2 Å². The Labute approximate surface area is 170 Å². The molecule has 1 aromatic carbocycles. The molecule has 2 aromatic rings. The van der Waals surface area contributed by atoms with Crippen molar-refractivity contribution in [1.82, 2.24) is 9.24 Å². The van der Waals surface area contributed by atoms with Crippen LogP contribution in [0.2, 0.25) is 5.02 Å². The van der Waals surface area contributed by atoms with Gasteiger partial charge in [-0.25, -0.2) is 23.2 Å². The predicted octanol–water partition coefficient (Wildman–Crippen LogP) is 2.05. The van der Waals surface area contributed by atoms with Gasteiger partial charge in [-0.15, -0.1) is 0 Å². The molecular weight excluding hydrogens is 438 g/mol. The SMILES string of the molecule is CC(=O)C(C)(C)OC(=O)c1cc(-n2c(=O)cc(C(F)(F)F)n(N)c2=O)c(F)cc1Cl. The van der Waals surface area contributed by atoms with E-state index in [0.29, 0.717) is 12.1 Å². The van der Waals surface area contributed by atoms with Crippen LogP contribution in [0, 0.1) is 5.82 Å². The number of halogens is 5. The molecule has 0 spiro atoms. The first-order valence-electron chi connectivity index (χ1n) is 8.03. The first-order valence-corrected chi connectivity index (χ1v) is 8.41. The van der Waals surface area contributed by atoms with E-state index in [1.807, 2.05) is 0 Å². The first kappa shape index (κ1) is 23.1. The third kappa shape index (κ3) is 4.22. The number of benzene rings is 1. The van der Waals surface area contributed by atoms with Gasteiger partial charge in [0.2, 0.25) is 0 Å². The molecule has 0 aliphatic carbocycles. The minimum Gasteiger partial charge on any atom is -0.448 e. The van der Waals surface area contributed by atoms with Crippen molar-refractivity contribution in [3.8, 4) is 5.69 Å². The third-order valence-corrected chi connectivity index (χ3v) is 4.43. The van der Waals surface area contributed by atoms with Crippen molar-refractivity contribution >= 4 is 23.4 Å². The topological polar surface area (TPSA) is 113 Å². The number of carbonyl (C=O) groups excluding carboxylic acids is 2. The van der Waals surface area contributed by atoms with Crippen LogP contribution in [-0.4, -0.2) is 26.6 Å². The maximum absolute atomic E-state index is 14.4. The second kappa shape index (κ2) is 7.59. The lowest BCUT2D eigenvalue weighted by molar-refractivity contribution is -0.143. The third-order valence-electron chi connectivity index (χ3n) is 4.12. The van der Waals surface area contributed by atoms with Crippen molar-refractivity contribution < 1.29 is 31.9 Å². The highest BCUT2D eigenvalue weighted by atomic mass is 35.5. The molecule has 0 amide bonds. The summed E-state index contributed by atoms with van der Waals surface area (Å²) in [5.74, 6) is 2.08. The van der Waals surface area contributed by atoms with Crippen molar-refractivity contribution in [2.45, 2.75) is 32.5 Å². The van der Waals surface area contributed by atoms with Crippen LogP contribution in [0.15, 0.2) is 27.8 Å². The van der Waals surface area contributed by atoms with E-state index in [-0.39, 0.29) is 15.3 Å². The van der Waals surface area contributed by atoms with Gasteiger partial charge >= 0.3 is 17.8 Å². The molecule has 0 saturated heterocycles. The summed E-state index contributed by atoms with van der Waals surface area (Å²) in [5, 5.41) is -0.492. The fraction of sp³-hybridized carbons (Fsp3) is 0.294. The molecule has 0 radical (unpaired) electrons. The van der Waals surface area contributed by atoms with E-state index >= 15 is 0 Å². The smallest absolute Gasteiger partial charge is 0.433 e. The molecule has 0 bridgehead atoms. The zero-order valence-electron chi connectivity index (χ0n) is 15.6. The Balaban J connectivity index is 2.71. The van der Waals surface area contributed by atoms with Gasteiger partial charge in [0.25, 0.3) is 5.56 Å². The van der Waals surface area contributed by atoms with Gasteiger partial charge in [0, 0.05) is 6.07 Å². The Morgan fingerprint density at radius 3 is 2.20 bits per heavy atom. The Morgan fingerprint density at radius 2 is 1.70 bits per heavy atom. The number of esters is 1. The van der Waals surface area contributed by atoms with Crippen molar-refractivity contribution in [3.63, 3.8) is 0 Å². The van der Waals surface area contributed by atoms with E-state index in [9.17, 15) is 36.7 Å². The maximum atomic E-state index is 14.4. The normalized spacial score (nSPS) is 12.0.